The number of rotatable bonds is 10. The van der Waals surface area contributed by atoms with Crippen molar-refractivity contribution in [2.45, 2.75) is 12.8 Å². The monoisotopic (exact) mass is 420 g/mol. The summed E-state index contributed by atoms with van der Waals surface area (Å²) in [6.45, 7) is 4.28. The molecule has 0 radical (unpaired) electrons. The van der Waals surface area contributed by atoms with Crippen LogP contribution in [0.2, 0.25) is 0 Å². The Morgan fingerprint density at radius 1 is 1.27 bits per heavy atom. The van der Waals surface area contributed by atoms with E-state index in [4.69, 9.17) is 10.5 Å². The highest BCUT2D eigenvalue weighted by molar-refractivity contribution is 14.0. The van der Waals surface area contributed by atoms with Crippen molar-refractivity contribution >= 4 is 29.9 Å². The number of ether oxygens (including phenoxy) is 1. The third kappa shape index (κ3) is 10.8. The molecule has 22 heavy (non-hydrogen) atoms. The molecule has 0 heterocycles. The minimum Gasteiger partial charge on any atom is -0.383 e. The lowest BCUT2D eigenvalue weighted by Gasteiger charge is -2.14. The molecule has 0 amide bonds. The van der Waals surface area contributed by atoms with Gasteiger partial charge in [0.2, 0.25) is 0 Å². The van der Waals surface area contributed by atoms with Gasteiger partial charge in [0.1, 0.15) is 0 Å². The highest BCUT2D eigenvalue weighted by Crippen LogP contribution is 1.97. The van der Waals surface area contributed by atoms with Crippen molar-refractivity contribution < 1.29 is 4.74 Å². The van der Waals surface area contributed by atoms with Crippen molar-refractivity contribution in [3.05, 3.63) is 35.9 Å². The van der Waals surface area contributed by atoms with E-state index in [0.29, 0.717) is 5.96 Å². The number of nitrogens with zero attached hydrogens (tertiary/aromatic N) is 2. The van der Waals surface area contributed by atoms with Gasteiger partial charge in [-0.2, -0.15) is 0 Å². The van der Waals surface area contributed by atoms with Crippen molar-refractivity contribution in [3.63, 3.8) is 0 Å². The second-order valence-electron chi connectivity index (χ2n) is 5.08. The van der Waals surface area contributed by atoms with Crippen LogP contribution in [0.25, 0.3) is 0 Å². The molecule has 0 unspecified atom stereocenters. The van der Waals surface area contributed by atoms with Crippen LogP contribution < -0.4 is 11.1 Å². The summed E-state index contributed by atoms with van der Waals surface area (Å²) in [5.41, 5.74) is 7.14. The van der Waals surface area contributed by atoms with E-state index in [9.17, 15) is 0 Å². The minimum atomic E-state index is 0. The lowest BCUT2D eigenvalue weighted by molar-refractivity contribution is 0.161. The number of halogens is 1. The molecule has 0 spiro atoms. The third-order valence-electron chi connectivity index (χ3n) is 3.22. The molecule has 6 heteroatoms. The summed E-state index contributed by atoms with van der Waals surface area (Å²) in [5.74, 6) is 0.533. The molecule has 5 nitrogen and oxygen atoms in total. The Labute approximate surface area is 151 Å². The predicted octanol–water partition coefficient (Wildman–Crippen LogP) is 1.72. The first kappa shape index (κ1) is 21.1. The van der Waals surface area contributed by atoms with Gasteiger partial charge in [-0.3, -0.25) is 4.99 Å². The number of hydrogen-bond donors (Lipinski definition) is 2. The molecule has 1 aromatic rings. The molecule has 0 atom stereocenters. The van der Waals surface area contributed by atoms with Crippen LogP contribution in [0.3, 0.4) is 0 Å². The molecule has 0 aliphatic carbocycles. The second kappa shape index (κ2) is 13.8. The van der Waals surface area contributed by atoms with Gasteiger partial charge in [-0.25, -0.2) is 0 Å². The Kier molecular flexibility index (Phi) is 13.2. The quantitative estimate of drug-likeness (QED) is 0.262. The zero-order valence-corrected chi connectivity index (χ0v) is 16.0. The molecule has 0 aromatic heterocycles. The molecule has 0 aliphatic rings. The maximum Gasteiger partial charge on any atom is 0.188 e. The fourth-order valence-electron chi connectivity index (χ4n) is 1.93. The van der Waals surface area contributed by atoms with E-state index in [1.807, 2.05) is 18.2 Å². The normalized spacial score (nSPS) is 11.3. The summed E-state index contributed by atoms with van der Waals surface area (Å²) in [7, 11) is 3.81. The first-order chi connectivity index (χ1) is 10.2. The molecular formula is C16H29IN4O. The van der Waals surface area contributed by atoms with Crippen LogP contribution in [0.15, 0.2) is 35.3 Å². The lowest BCUT2D eigenvalue weighted by atomic mass is 10.1. The van der Waals surface area contributed by atoms with Gasteiger partial charge in [0.25, 0.3) is 0 Å². The van der Waals surface area contributed by atoms with Gasteiger partial charge in [0.15, 0.2) is 5.96 Å². The standard InChI is InChI=1S/C16H28N4O.HI/c1-20(13-14-21-2)12-6-10-18-16(17)19-11-9-15-7-4-3-5-8-15;/h3-5,7-8H,6,9-14H2,1-2H3,(H3,17,18,19);1H. The Morgan fingerprint density at radius 3 is 2.68 bits per heavy atom. The second-order valence-corrected chi connectivity index (χ2v) is 5.08. The molecule has 0 aliphatic heterocycles. The maximum absolute atomic E-state index is 5.84. The van der Waals surface area contributed by atoms with E-state index in [-0.39, 0.29) is 24.0 Å². The summed E-state index contributed by atoms with van der Waals surface area (Å²) >= 11 is 0. The zero-order chi connectivity index (χ0) is 15.3. The number of likely N-dealkylation sites (N-methyl/N-ethyl adjacent to an activating group) is 1. The number of hydrogen-bond acceptors (Lipinski definition) is 3. The Morgan fingerprint density at radius 2 is 2.00 bits per heavy atom. The van der Waals surface area contributed by atoms with Crippen molar-refractivity contribution in [1.29, 1.82) is 0 Å². The van der Waals surface area contributed by atoms with E-state index in [1.165, 1.54) is 5.56 Å². The van der Waals surface area contributed by atoms with Crippen molar-refractivity contribution in [3.8, 4) is 0 Å². The summed E-state index contributed by atoms with van der Waals surface area (Å²) in [4.78, 5) is 6.57. The van der Waals surface area contributed by atoms with E-state index in [1.54, 1.807) is 7.11 Å². The average molecular weight is 420 g/mol. The fourth-order valence-corrected chi connectivity index (χ4v) is 1.93. The molecule has 0 fully saturated rings. The topological polar surface area (TPSA) is 62.9 Å². The van der Waals surface area contributed by atoms with Crippen molar-refractivity contribution in [1.82, 2.24) is 10.2 Å². The van der Waals surface area contributed by atoms with Gasteiger partial charge in [0, 0.05) is 26.7 Å². The Bertz CT molecular complexity index is 400. The van der Waals surface area contributed by atoms with Gasteiger partial charge in [-0.1, -0.05) is 30.3 Å². The average Bonchev–Trinajstić information content (AvgIpc) is 2.50. The number of guanidine groups is 1. The van der Waals surface area contributed by atoms with E-state index >= 15 is 0 Å². The largest absolute Gasteiger partial charge is 0.383 e. The molecule has 3 N–H and O–H groups in total. The van der Waals surface area contributed by atoms with Crippen LogP contribution in [-0.4, -0.2) is 57.8 Å². The first-order valence-corrected chi connectivity index (χ1v) is 7.47. The predicted molar refractivity (Wildman–Crippen MR) is 104 cm³/mol. The highest BCUT2D eigenvalue weighted by Gasteiger charge is 1.97. The number of nitrogens with one attached hydrogen (secondary N) is 1. The Balaban J connectivity index is 0.00000441. The number of benzene rings is 1. The summed E-state index contributed by atoms with van der Waals surface area (Å²) < 4.78 is 5.04. The molecular weight excluding hydrogens is 391 g/mol. The van der Waals surface area contributed by atoms with Crippen LogP contribution in [0.1, 0.15) is 12.0 Å². The van der Waals surface area contributed by atoms with Crippen molar-refractivity contribution in [2.24, 2.45) is 10.7 Å². The molecule has 0 saturated heterocycles. The van der Waals surface area contributed by atoms with E-state index < -0.39 is 0 Å². The lowest BCUT2D eigenvalue weighted by Crippen LogP contribution is -2.33. The van der Waals surface area contributed by atoms with Crippen LogP contribution in [-0.2, 0) is 11.2 Å². The van der Waals surface area contributed by atoms with Gasteiger partial charge in [-0.15, -0.1) is 24.0 Å². The van der Waals surface area contributed by atoms with E-state index in [2.05, 4.69) is 34.4 Å². The van der Waals surface area contributed by atoms with Crippen molar-refractivity contribution in [2.75, 3.05) is 46.9 Å². The first-order valence-electron chi connectivity index (χ1n) is 7.47. The minimum absolute atomic E-state index is 0. The van der Waals surface area contributed by atoms with Crippen LogP contribution in [0, 0.1) is 0 Å². The fraction of sp³-hybridized carbons (Fsp3) is 0.562. The molecule has 1 aromatic carbocycles. The molecule has 1 rings (SSSR count). The summed E-state index contributed by atoms with van der Waals surface area (Å²) in [5, 5.41) is 3.15. The molecule has 0 saturated carbocycles. The van der Waals surface area contributed by atoms with Gasteiger partial charge in [-0.05, 0) is 32.0 Å². The summed E-state index contributed by atoms with van der Waals surface area (Å²) in [6.07, 6.45) is 1.96. The van der Waals surface area contributed by atoms with Gasteiger partial charge < -0.3 is 20.7 Å². The molecule has 0 bridgehead atoms. The van der Waals surface area contributed by atoms with Gasteiger partial charge >= 0.3 is 0 Å². The maximum atomic E-state index is 5.84. The molecule has 126 valence electrons. The van der Waals surface area contributed by atoms with Crippen LogP contribution >= 0.6 is 24.0 Å². The van der Waals surface area contributed by atoms with Gasteiger partial charge in [0.05, 0.1) is 6.61 Å². The number of nitrogens with two attached hydrogens (primary N) is 1. The summed E-state index contributed by atoms with van der Waals surface area (Å²) in [6, 6.07) is 10.4. The Hall–Kier alpha value is -0.860. The number of methoxy groups -OCH3 is 1. The highest BCUT2D eigenvalue weighted by atomic mass is 127. The smallest absolute Gasteiger partial charge is 0.188 e. The zero-order valence-electron chi connectivity index (χ0n) is 13.6. The van der Waals surface area contributed by atoms with E-state index in [0.717, 1.165) is 45.6 Å². The van der Waals surface area contributed by atoms with Crippen LogP contribution in [0.4, 0.5) is 0 Å². The van der Waals surface area contributed by atoms with Crippen LogP contribution in [0.5, 0.6) is 0 Å². The number of aliphatic imine (C=N–C) groups is 1. The third-order valence-corrected chi connectivity index (χ3v) is 3.22. The SMILES string of the molecule is COCCN(C)CCCN=C(N)NCCc1ccccc1.I.